The minimum Gasteiger partial charge on any atom is -0.494 e. The monoisotopic (exact) mass is 404 g/mol. The third-order valence-electron chi connectivity index (χ3n) is 4.26. The van der Waals surface area contributed by atoms with Gasteiger partial charge in [0.05, 0.1) is 13.2 Å². The van der Waals surface area contributed by atoms with E-state index >= 15 is 0 Å². The lowest BCUT2D eigenvalue weighted by atomic mass is 10.1. The van der Waals surface area contributed by atoms with Crippen molar-refractivity contribution in [3.63, 3.8) is 0 Å². The van der Waals surface area contributed by atoms with Crippen LogP contribution in [0.1, 0.15) is 34.6 Å². The molecule has 6 nitrogen and oxygen atoms in total. The normalized spacial score (nSPS) is 10.2. The van der Waals surface area contributed by atoms with Crippen molar-refractivity contribution in [1.82, 2.24) is 0 Å². The zero-order chi connectivity index (χ0) is 21.3. The fourth-order valence-corrected chi connectivity index (χ4v) is 2.78. The van der Waals surface area contributed by atoms with Gasteiger partial charge in [-0.2, -0.15) is 0 Å². The average molecular weight is 404 g/mol. The number of hydrogen-bond acceptors (Lipinski definition) is 4. The van der Waals surface area contributed by atoms with Crippen molar-refractivity contribution >= 4 is 23.2 Å². The Labute approximate surface area is 175 Å². The fraction of sp³-hybridized carbons (Fsp3) is 0.167. The predicted octanol–water partition coefficient (Wildman–Crippen LogP) is 4.99. The lowest BCUT2D eigenvalue weighted by molar-refractivity contribution is 0.102. The number of carbonyl (C=O) groups excluding carboxylic acids is 2. The van der Waals surface area contributed by atoms with Crippen LogP contribution in [0.2, 0.25) is 0 Å². The molecule has 0 aliphatic rings. The maximum Gasteiger partial charge on any atom is 0.255 e. The molecule has 0 saturated carbocycles. The zero-order valence-electron chi connectivity index (χ0n) is 17.0. The highest BCUT2D eigenvalue weighted by Crippen LogP contribution is 2.18. The summed E-state index contributed by atoms with van der Waals surface area (Å²) in [6, 6.07) is 20.8. The van der Waals surface area contributed by atoms with Crippen LogP contribution in [0.3, 0.4) is 0 Å². The second-order valence-corrected chi connectivity index (χ2v) is 6.40. The van der Waals surface area contributed by atoms with Gasteiger partial charge in [0.2, 0.25) is 0 Å². The minimum atomic E-state index is -0.233. The molecule has 0 spiro atoms. The molecule has 0 atom stereocenters. The molecule has 0 aliphatic carbocycles. The van der Waals surface area contributed by atoms with Crippen molar-refractivity contribution in [1.29, 1.82) is 0 Å². The number of anilines is 2. The van der Waals surface area contributed by atoms with Crippen molar-refractivity contribution in [3.05, 3.63) is 83.9 Å². The molecular weight excluding hydrogens is 380 g/mol. The van der Waals surface area contributed by atoms with Gasteiger partial charge in [0, 0.05) is 22.5 Å². The molecule has 3 aromatic carbocycles. The number of nitrogens with one attached hydrogen (secondary N) is 2. The van der Waals surface area contributed by atoms with E-state index in [0.717, 1.165) is 11.5 Å². The summed E-state index contributed by atoms with van der Waals surface area (Å²) in [6.07, 6.45) is 0. The lowest BCUT2D eigenvalue weighted by Crippen LogP contribution is -2.13. The van der Waals surface area contributed by atoms with Gasteiger partial charge in [-0.1, -0.05) is 0 Å². The van der Waals surface area contributed by atoms with Gasteiger partial charge < -0.3 is 20.1 Å². The number of benzene rings is 3. The summed E-state index contributed by atoms with van der Waals surface area (Å²) in [6.45, 7) is 4.99. The molecule has 0 heterocycles. The Bertz CT molecular complexity index is 981. The van der Waals surface area contributed by atoms with Gasteiger partial charge in [0.15, 0.2) is 0 Å². The predicted molar refractivity (Wildman–Crippen MR) is 118 cm³/mol. The first-order valence-electron chi connectivity index (χ1n) is 9.77. The highest BCUT2D eigenvalue weighted by atomic mass is 16.5. The van der Waals surface area contributed by atoms with Crippen molar-refractivity contribution in [2.45, 2.75) is 13.8 Å². The maximum absolute atomic E-state index is 12.4. The first-order valence-corrected chi connectivity index (χ1v) is 9.77. The molecule has 30 heavy (non-hydrogen) atoms. The molecule has 0 unspecified atom stereocenters. The summed E-state index contributed by atoms with van der Waals surface area (Å²) < 4.78 is 10.8. The first kappa shape index (κ1) is 20.9. The Morgan fingerprint density at radius 1 is 0.600 bits per heavy atom. The number of amides is 2. The molecule has 2 N–H and O–H groups in total. The summed E-state index contributed by atoms with van der Waals surface area (Å²) in [7, 11) is 0. The van der Waals surface area contributed by atoms with Crippen LogP contribution < -0.4 is 20.1 Å². The quantitative estimate of drug-likeness (QED) is 0.555. The summed E-state index contributed by atoms with van der Waals surface area (Å²) in [5, 5.41) is 5.65. The summed E-state index contributed by atoms with van der Waals surface area (Å²) in [5.41, 5.74) is 2.29. The standard InChI is InChI=1S/C24H24N2O4/c1-3-29-21-13-7-18(8-14-21)24(28)25-19-9-5-17(6-10-19)23(27)26-20-11-15-22(16-12-20)30-4-2/h5-16H,3-4H2,1-2H3,(H,25,28)(H,26,27). The van der Waals surface area contributed by atoms with Crippen molar-refractivity contribution in [3.8, 4) is 11.5 Å². The smallest absolute Gasteiger partial charge is 0.255 e. The fourth-order valence-electron chi connectivity index (χ4n) is 2.78. The highest BCUT2D eigenvalue weighted by molar-refractivity contribution is 6.06. The molecule has 0 radical (unpaired) electrons. The van der Waals surface area contributed by atoms with E-state index in [-0.39, 0.29) is 11.8 Å². The Balaban J connectivity index is 1.58. The van der Waals surface area contributed by atoms with E-state index in [9.17, 15) is 9.59 Å². The summed E-state index contributed by atoms with van der Waals surface area (Å²) >= 11 is 0. The van der Waals surface area contributed by atoms with Gasteiger partial charge in [-0.15, -0.1) is 0 Å². The van der Waals surface area contributed by atoms with E-state index in [1.54, 1.807) is 72.8 Å². The number of carbonyl (C=O) groups is 2. The lowest BCUT2D eigenvalue weighted by Gasteiger charge is -2.09. The van der Waals surface area contributed by atoms with Gasteiger partial charge in [-0.3, -0.25) is 9.59 Å². The summed E-state index contributed by atoms with van der Waals surface area (Å²) in [4.78, 5) is 24.8. The Hall–Kier alpha value is -3.80. The van der Waals surface area contributed by atoms with Gasteiger partial charge in [0.1, 0.15) is 11.5 Å². The van der Waals surface area contributed by atoms with E-state index in [0.29, 0.717) is 35.7 Å². The van der Waals surface area contributed by atoms with E-state index < -0.39 is 0 Å². The molecule has 3 rings (SSSR count). The van der Waals surface area contributed by atoms with E-state index in [2.05, 4.69) is 10.6 Å². The van der Waals surface area contributed by atoms with Crippen molar-refractivity contribution in [2.75, 3.05) is 23.8 Å². The Morgan fingerprint density at radius 2 is 0.933 bits per heavy atom. The molecule has 0 bridgehead atoms. The van der Waals surface area contributed by atoms with Gasteiger partial charge in [0.25, 0.3) is 11.8 Å². The minimum absolute atomic E-state index is 0.232. The molecule has 0 saturated heterocycles. The van der Waals surface area contributed by atoms with E-state index in [4.69, 9.17) is 9.47 Å². The molecule has 6 heteroatoms. The molecule has 3 aromatic rings. The topological polar surface area (TPSA) is 76.7 Å². The molecule has 154 valence electrons. The SMILES string of the molecule is CCOc1ccc(NC(=O)c2ccc(NC(=O)c3ccc(OCC)cc3)cc2)cc1. The van der Waals surface area contributed by atoms with Crippen LogP contribution in [0.15, 0.2) is 72.8 Å². The van der Waals surface area contributed by atoms with Gasteiger partial charge in [-0.25, -0.2) is 0 Å². The molecule has 0 fully saturated rings. The highest BCUT2D eigenvalue weighted by Gasteiger charge is 2.09. The van der Waals surface area contributed by atoms with Crippen molar-refractivity contribution in [2.24, 2.45) is 0 Å². The third-order valence-corrected chi connectivity index (χ3v) is 4.26. The molecule has 0 aliphatic heterocycles. The van der Waals surface area contributed by atoms with Crippen molar-refractivity contribution < 1.29 is 19.1 Å². The number of ether oxygens (including phenoxy) is 2. The second kappa shape index (κ2) is 10.1. The zero-order valence-corrected chi connectivity index (χ0v) is 17.0. The van der Waals surface area contributed by atoms with Crippen LogP contribution in [0.4, 0.5) is 11.4 Å². The summed E-state index contributed by atoms with van der Waals surface area (Å²) in [5.74, 6) is 1.01. The first-order chi connectivity index (χ1) is 14.6. The molecule has 2 amide bonds. The van der Waals surface area contributed by atoms with Crippen LogP contribution >= 0.6 is 0 Å². The molecular formula is C24H24N2O4. The molecule has 0 aromatic heterocycles. The number of hydrogen-bond donors (Lipinski definition) is 2. The Kier molecular flexibility index (Phi) is 7.05. The van der Waals surface area contributed by atoms with Gasteiger partial charge in [-0.05, 0) is 86.6 Å². The largest absolute Gasteiger partial charge is 0.494 e. The Morgan fingerprint density at radius 3 is 1.33 bits per heavy atom. The number of rotatable bonds is 8. The van der Waals surface area contributed by atoms with Gasteiger partial charge >= 0.3 is 0 Å². The maximum atomic E-state index is 12.4. The third kappa shape index (κ3) is 5.61. The van der Waals surface area contributed by atoms with Crippen LogP contribution in [0, 0.1) is 0 Å². The van der Waals surface area contributed by atoms with Crippen LogP contribution in [0.5, 0.6) is 11.5 Å². The second-order valence-electron chi connectivity index (χ2n) is 6.40. The van der Waals surface area contributed by atoms with E-state index in [1.807, 2.05) is 13.8 Å². The van der Waals surface area contributed by atoms with Crippen LogP contribution in [-0.4, -0.2) is 25.0 Å². The van der Waals surface area contributed by atoms with Crippen LogP contribution in [-0.2, 0) is 0 Å². The van der Waals surface area contributed by atoms with E-state index in [1.165, 1.54) is 0 Å². The average Bonchev–Trinajstić information content (AvgIpc) is 2.76. The van der Waals surface area contributed by atoms with Crippen LogP contribution in [0.25, 0.3) is 0 Å².